The number of rotatable bonds is 8. The number of anilines is 1. The van der Waals surface area contributed by atoms with Gasteiger partial charge in [-0.05, 0) is 56.0 Å². The van der Waals surface area contributed by atoms with E-state index < -0.39 is 0 Å². The normalized spacial score (nSPS) is 11.8. The van der Waals surface area contributed by atoms with E-state index in [1.54, 1.807) is 12.4 Å². The SMILES string of the molecule is Cc1cccc(C)c1NC(=O)[C@@H](C)Sc1nnc(-c2ccncc2)n1CCc1ccccc1. The summed E-state index contributed by atoms with van der Waals surface area (Å²) in [7, 11) is 0. The summed E-state index contributed by atoms with van der Waals surface area (Å²) in [4.78, 5) is 17.1. The van der Waals surface area contributed by atoms with Gasteiger partial charge in [0.1, 0.15) is 0 Å². The second kappa shape index (κ2) is 10.4. The van der Waals surface area contributed by atoms with Crippen molar-refractivity contribution in [1.29, 1.82) is 0 Å². The Hall–Kier alpha value is -3.45. The van der Waals surface area contributed by atoms with Crippen molar-refractivity contribution in [3.8, 4) is 11.4 Å². The molecule has 0 saturated carbocycles. The second-order valence-corrected chi connectivity index (χ2v) is 9.25. The number of aromatic nitrogens is 4. The first-order valence-electron chi connectivity index (χ1n) is 10.9. The van der Waals surface area contributed by atoms with E-state index in [4.69, 9.17) is 0 Å². The molecule has 0 fully saturated rings. The number of pyridine rings is 1. The maximum absolute atomic E-state index is 13.0. The van der Waals surface area contributed by atoms with Crippen molar-refractivity contribution >= 4 is 23.4 Å². The number of nitrogens with zero attached hydrogens (tertiary/aromatic N) is 4. The number of benzene rings is 2. The lowest BCUT2D eigenvalue weighted by molar-refractivity contribution is -0.115. The molecule has 6 nitrogen and oxygen atoms in total. The summed E-state index contributed by atoms with van der Waals surface area (Å²) < 4.78 is 2.09. The lowest BCUT2D eigenvalue weighted by Crippen LogP contribution is -2.24. The number of aryl methyl sites for hydroxylation is 3. The minimum absolute atomic E-state index is 0.0551. The molecule has 2 aromatic heterocycles. The number of para-hydroxylation sites is 1. The average Bonchev–Trinajstić information content (AvgIpc) is 3.23. The van der Waals surface area contributed by atoms with Gasteiger partial charge in [-0.25, -0.2) is 0 Å². The Labute approximate surface area is 198 Å². The third-order valence-electron chi connectivity index (χ3n) is 5.50. The standard InChI is InChI=1S/C26H27N5OS/c1-18-8-7-9-19(2)23(18)28-25(32)20(3)33-26-30-29-24(22-12-15-27-16-13-22)31(26)17-14-21-10-5-4-6-11-21/h4-13,15-16,20H,14,17H2,1-3H3,(H,28,32)/t20-/m1/s1. The van der Waals surface area contributed by atoms with Crippen LogP contribution in [0.1, 0.15) is 23.6 Å². The number of hydrogen-bond donors (Lipinski definition) is 1. The maximum atomic E-state index is 13.0. The third-order valence-corrected chi connectivity index (χ3v) is 6.58. The molecule has 1 amide bonds. The molecule has 2 heterocycles. The van der Waals surface area contributed by atoms with Crippen LogP contribution in [-0.2, 0) is 17.8 Å². The highest BCUT2D eigenvalue weighted by Crippen LogP contribution is 2.28. The number of amides is 1. The molecule has 0 bridgehead atoms. The monoisotopic (exact) mass is 457 g/mol. The molecule has 0 radical (unpaired) electrons. The molecule has 0 spiro atoms. The molecule has 33 heavy (non-hydrogen) atoms. The zero-order valence-corrected chi connectivity index (χ0v) is 19.8. The van der Waals surface area contributed by atoms with Crippen LogP contribution in [0.15, 0.2) is 78.2 Å². The summed E-state index contributed by atoms with van der Waals surface area (Å²) in [5, 5.41) is 12.4. The predicted octanol–water partition coefficient (Wildman–Crippen LogP) is 5.32. The first kappa shape index (κ1) is 22.7. The van der Waals surface area contributed by atoms with Gasteiger partial charge in [-0.3, -0.25) is 9.78 Å². The minimum Gasteiger partial charge on any atom is -0.325 e. The topological polar surface area (TPSA) is 72.7 Å². The molecule has 0 saturated heterocycles. The van der Waals surface area contributed by atoms with Crippen LogP contribution in [0.3, 0.4) is 0 Å². The molecule has 1 atom stereocenters. The Morgan fingerprint density at radius 1 is 0.970 bits per heavy atom. The van der Waals surface area contributed by atoms with E-state index in [9.17, 15) is 4.79 Å². The molecule has 4 aromatic rings. The van der Waals surface area contributed by atoms with Crippen molar-refractivity contribution < 1.29 is 4.79 Å². The fourth-order valence-corrected chi connectivity index (χ4v) is 4.50. The average molecular weight is 458 g/mol. The summed E-state index contributed by atoms with van der Waals surface area (Å²) in [6, 6.07) is 20.2. The number of hydrogen-bond acceptors (Lipinski definition) is 5. The quantitative estimate of drug-likeness (QED) is 0.363. The molecule has 0 unspecified atom stereocenters. The predicted molar refractivity (Wildman–Crippen MR) is 133 cm³/mol. The van der Waals surface area contributed by atoms with Crippen molar-refractivity contribution in [1.82, 2.24) is 19.7 Å². The van der Waals surface area contributed by atoms with Crippen LogP contribution in [0.4, 0.5) is 5.69 Å². The van der Waals surface area contributed by atoms with Crippen LogP contribution in [0, 0.1) is 13.8 Å². The van der Waals surface area contributed by atoms with E-state index in [0.717, 1.165) is 39.8 Å². The summed E-state index contributed by atoms with van der Waals surface area (Å²) in [5.74, 6) is 0.721. The largest absolute Gasteiger partial charge is 0.325 e. The maximum Gasteiger partial charge on any atom is 0.237 e. The minimum atomic E-state index is -0.339. The molecule has 7 heteroatoms. The van der Waals surface area contributed by atoms with Gasteiger partial charge in [0, 0.05) is 30.2 Å². The number of carbonyl (C=O) groups excluding carboxylic acids is 1. The van der Waals surface area contributed by atoms with E-state index in [0.29, 0.717) is 6.54 Å². The van der Waals surface area contributed by atoms with Crippen molar-refractivity contribution in [3.63, 3.8) is 0 Å². The van der Waals surface area contributed by atoms with Gasteiger partial charge in [-0.1, -0.05) is 60.3 Å². The van der Waals surface area contributed by atoms with Gasteiger partial charge in [-0.2, -0.15) is 0 Å². The van der Waals surface area contributed by atoms with Gasteiger partial charge >= 0.3 is 0 Å². The summed E-state index contributed by atoms with van der Waals surface area (Å²) in [6.07, 6.45) is 4.34. The first-order chi connectivity index (χ1) is 16.0. The van der Waals surface area contributed by atoms with Gasteiger partial charge in [0.25, 0.3) is 0 Å². The molecule has 0 aliphatic heterocycles. The Bertz CT molecular complexity index is 1200. The fraction of sp³-hybridized carbons (Fsp3) is 0.231. The summed E-state index contributed by atoms with van der Waals surface area (Å²) in [5.41, 5.74) is 5.16. The van der Waals surface area contributed by atoms with Gasteiger partial charge < -0.3 is 9.88 Å². The highest BCUT2D eigenvalue weighted by molar-refractivity contribution is 8.00. The molecule has 168 valence electrons. The number of carbonyl (C=O) groups is 1. The van der Waals surface area contributed by atoms with Crippen molar-refractivity contribution in [2.45, 2.75) is 44.1 Å². The molecular weight excluding hydrogens is 430 g/mol. The summed E-state index contributed by atoms with van der Waals surface area (Å²) in [6.45, 7) is 6.61. The molecule has 1 N–H and O–H groups in total. The zero-order valence-electron chi connectivity index (χ0n) is 19.0. The molecule has 0 aliphatic carbocycles. The molecule has 2 aromatic carbocycles. The number of thioether (sulfide) groups is 1. The van der Waals surface area contributed by atoms with Crippen molar-refractivity contribution in [3.05, 3.63) is 89.7 Å². The van der Waals surface area contributed by atoms with Crippen molar-refractivity contribution in [2.75, 3.05) is 5.32 Å². The first-order valence-corrected chi connectivity index (χ1v) is 11.8. The third kappa shape index (κ3) is 5.49. The zero-order chi connectivity index (χ0) is 23.2. The molecule has 0 aliphatic rings. The second-order valence-electron chi connectivity index (χ2n) is 7.95. The Morgan fingerprint density at radius 3 is 2.36 bits per heavy atom. The highest BCUT2D eigenvalue weighted by atomic mass is 32.2. The van der Waals surface area contributed by atoms with Crippen LogP contribution in [0.5, 0.6) is 0 Å². The van der Waals surface area contributed by atoms with Crippen LogP contribution in [-0.4, -0.2) is 30.9 Å². The Kier molecular flexibility index (Phi) is 7.19. The van der Waals surface area contributed by atoms with Crippen molar-refractivity contribution in [2.24, 2.45) is 0 Å². The summed E-state index contributed by atoms with van der Waals surface area (Å²) >= 11 is 1.42. The number of nitrogens with one attached hydrogen (secondary N) is 1. The lowest BCUT2D eigenvalue weighted by Gasteiger charge is -2.16. The van der Waals surface area contributed by atoms with Crippen LogP contribution in [0.25, 0.3) is 11.4 Å². The van der Waals surface area contributed by atoms with Crippen LogP contribution >= 0.6 is 11.8 Å². The van der Waals surface area contributed by atoms with E-state index >= 15 is 0 Å². The smallest absolute Gasteiger partial charge is 0.237 e. The highest BCUT2D eigenvalue weighted by Gasteiger charge is 2.22. The van der Waals surface area contributed by atoms with Gasteiger partial charge in [-0.15, -0.1) is 10.2 Å². The molecule has 4 rings (SSSR count). The fourth-order valence-electron chi connectivity index (χ4n) is 3.63. The van der Waals surface area contributed by atoms with Gasteiger partial charge in [0.15, 0.2) is 11.0 Å². The lowest BCUT2D eigenvalue weighted by atomic mass is 10.1. The van der Waals surface area contributed by atoms with E-state index in [2.05, 4.69) is 37.2 Å². The van der Waals surface area contributed by atoms with E-state index in [-0.39, 0.29) is 11.2 Å². The van der Waals surface area contributed by atoms with Crippen LogP contribution < -0.4 is 5.32 Å². The Morgan fingerprint density at radius 2 is 1.67 bits per heavy atom. The van der Waals surface area contributed by atoms with Gasteiger partial charge in [0.05, 0.1) is 5.25 Å². The van der Waals surface area contributed by atoms with Gasteiger partial charge in [0.2, 0.25) is 5.91 Å². The Balaban J connectivity index is 1.56. The molecular formula is C26H27N5OS. The van der Waals surface area contributed by atoms with E-state index in [1.165, 1.54) is 17.3 Å². The van der Waals surface area contributed by atoms with E-state index in [1.807, 2.05) is 69.3 Å². The van der Waals surface area contributed by atoms with Crippen LogP contribution in [0.2, 0.25) is 0 Å².